The van der Waals surface area contributed by atoms with E-state index in [2.05, 4.69) is 4.98 Å². The Bertz CT molecular complexity index is 1170. The molecule has 0 radical (unpaired) electrons. The highest BCUT2D eigenvalue weighted by atomic mass is 32.1. The molecule has 6 nitrogen and oxygen atoms in total. The minimum Gasteiger partial charge on any atom is -0.507 e. The first-order valence-corrected chi connectivity index (χ1v) is 10.6. The number of aliphatic hydroxyl groups excluding tert-OH is 1. The maximum absolute atomic E-state index is 13.1. The maximum atomic E-state index is 13.1. The van der Waals surface area contributed by atoms with Crippen molar-refractivity contribution in [3.63, 3.8) is 0 Å². The fourth-order valence-electron chi connectivity index (χ4n) is 3.56. The number of benzene rings is 2. The fourth-order valence-corrected chi connectivity index (χ4v) is 4.49. The molecule has 0 aliphatic carbocycles. The molecule has 0 spiro atoms. The largest absolute Gasteiger partial charge is 0.507 e. The molecule has 2 aromatic carbocycles. The minimum atomic E-state index is -0.794. The number of aryl methyl sites for hydroxylation is 3. The van der Waals surface area contributed by atoms with Gasteiger partial charge in [0.2, 0.25) is 0 Å². The van der Waals surface area contributed by atoms with Crippen LogP contribution in [-0.2, 0) is 9.59 Å². The van der Waals surface area contributed by atoms with Gasteiger partial charge in [-0.05, 0) is 38.5 Å². The minimum absolute atomic E-state index is 0.0459. The van der Waals surface area contributed by atoms with Crippen LogP contribution in [0.25, 0.3) is 5.76 Å². The zero-order valence-electron chi connectivity index (χ0n) is 17.7. The number of carbonyl (C=O) groups excluding carboxylic acids is 2. The van der Waals surface area contributed by atoms with E-state index >= 15 is 0 Å². The van der Waals surface area contributed by atoms with Crippen LogP contribution in [0.3, 0.4) is 0 Å². The van der Waals surface area contributed by atoms with Crippen molar-refractivity contribution < 1.29 is 19.4 Å². The van der Waals surface area contributed by atoms with E-state index in [4.69, 9.17) is 4.74 Å². The van der Waals surface area contributed by atoms with E-state index in [1.54, 1.807) is 43.5 Å². The number of aliphatic hydroxyl groups is 1. The molecule has 1 atom stereocenters. The molecule has 4 rings (SSSR count). The molecule has 0 unspecified atom stereocenters. The molecule has 3 aromatic rings. The number of thiazole rings is 1. The van der Waals surface area contributed by atoms with Gasteiger partial charge in [-0.3, -0.25) is 14.5 Å². The van der Waals surface area contributed by atoms with Crippen LogP contribution in [0.15, 0.2) is 54.1 Å². The van der Waals surface area contributed by atoms with E-state index in [1.165, 1.54) is 16.2 Å². The van der Waals surface area contributed by atoms with Gasteiger partial charge in [-0.1, -0.05) is 42.0 Å². The van der Waals surface area contributed by atoms with Crippen molar-refractivity contribution in [3.05, 3.63) is 81.4 Å². The van der Waals surface area contributed by atoms with Crippen LogP contribution in [0.4, 0.5) is 5.13 Å². The van der Waals surface area contributed by atoms with E-state index in [0.29, 0.717) is 22.0 Å². The number of aromatic nitrogens is 1. The molecular weight excluding hydrogens is 412 g/mol. The molecule has 1 saturated heterocycles. The van der Waals surface area contributed by atoms with Gasteiger partial charge in [0.15, 0.2) is 5.13 Å². The van der Waals surface area contributed by atoms with E-state index in [0.717, 1.165) is 16.1 Å². The number of rotatable bonds is 4. The molecule has 1 aliphatic heterocycles. The third kappa shape index (κ3) is 3.61. The summed E-state index contributed by atoms with van der Waals surface area (Å²) in [5.41, 5.74) is 3.03. The molecule has 31 heavy (non-hydrogen) atoms. The number of ketones is 1. The van der Waals surface area contributed by atoms with Crippen LogP contribution in [-0.4, -0.2) is 28.9 Å². The van der Waals surface area contributed by atoms with Crippen molar-refractivity contribution in [1.82, 2.24) is 4.98 Å². The summed E-state index contributed by atoms with van der Waals surface area (Å²) in [6.07, 6.45) is 0. The average Bonchev–Trinajstić information content (AvgIpc) is 3.23. The predicted molar refractivity (Wildman–Crippen MR) is 121 cm³/mol. The zero-order chi connectivity index (χ0) is 22.3. The van der Waals surface area contributed by atoms with Gasteiger partial charge in [0.05, 0.1) is 24.4 Å². The number of hydrogen-bond donors (Lipinski definition) is 1. The molecule has 158 valence electrons. The van der Waals surface area contributed by atoms with Crippen LogP contribution in [0, 0.1) is 20.8 Å². The van der Waals surface area contributed by atoms with Crippen molar-refractivity contribution in [2.75, 3.05) is 12.0 Å². The lowest BCUT2D eigenvalue weighted by Crippen LogP contribution is -2.29. The number of nitrogens with zero attached hydrogens (tertiary/aromatic N) is 2. The lowest BCUT2D eigenvalue weighted by Gasteiger charge is -2.23. The quantitative estimate of drug-likeness (QED) is 0.366. The zero-order valence-corrected chi connectivity index (χ0v) is 18.5. The highest BCUT2D eigenvalue weighted by Crippen LogP contribution is 2.43. The number of hydrogen-bond acceptors (Lipinski definition) is 6. The number of amides is 1. The number of Topliss-reactive ketones (excluding diaryl/α,β-unsaturated/α-hetero) is 1. The van der Waals surface area contributed by atoms with E-state index in [-0.39, 0.29) is 11.3 Å². The maximum Gasteiger partial charge on any atom is 0.301 e. The monoisotopic (exact) mass is 434 g/mol. The van der Waals surface area contributed by atoms with E-state index in [9.17, 15) is 14.7 Å². The predicted octanol–water partition coefficient (Wildman–Crippen LogP) is 4.70. The second-order valence-electron chi connectivity index (χ2n) is 7.45. The van der Waals surface area contributed by atoms with Gasteiger partial charge in [0.25, 0.3) is 5.78 Å². The Balaban J connectivity index is 1.93. The van der Waals surface area contributed by atoms with Crippen LogP contribution >= 0.6 is 11.3 Å². The summed E-state index contributed by atoms with van der Waals surface area (Å²) in [5.74, 6) is -0.987. The highest BCUT2D eigenvalue weighted by molar-refractivity contribution is 7.16. The topological polar surface area (TPSA) is 79.7 Å². The Labute approximate surface area is 184 Å². The van der Waals surface area contributed by atoms with Crippen LogP contribution < -0.4 is 9.64 Å². The molecule has 1 aliphatic rings. The van der Waals surface area contributed by atoms with Crippen molar-refractivity contribution in [3.8, 4) is 5.75 Å². The van der Waals surface area contributed by atoms with E-state index < -0.39 is 17.7 Å². The summed E-state index contributed by atoms with van der Waals surface area (Å²) >= 11 is 1.35. The van der Waals surface area contributed by atoms with Crippen molar-refractivity contribution >= 4 is 33.9 Å². The molecule has 1 amide bonds. The summed E-state index contributed by atoms with van der Waals surface area (Å²) in [6.45, 7) is 5.72. The fraction of sp³-hybridized carbons (Fsp3) is 0.208. The SMILES string of the molecule is COc1ccc([C@@H]2/C(=C(\O)c3ccc(C)cc3)C(=O)C(=O)N2c2nc(C)c(C)s2)cc1. The van der Waals surface area contributed by atoms with E-state index in [1.807, 2.05) is 32.9 Å². The summed E-state index contributed by atoms with van der Waals surface area (Å²) in [7, 11) is 1.57. The lowest BCUT2D eigenvalue weighted by molar-refractivity contribution is -0.132. The van der Waals surface area contributed by atoms with Crippen molar-refractivity contribution in [2.45, 2.75) is 26.8 Å². The van der Waals surface area contributed by atoms with Gasteiger partial charge in [0, 0.05) is 10.4 Å². The first-order valence-electron chi connectivity index (χ1n) is 9.78. The molecule has 1 fully saturated rings. The molecular formula is C24H22N2O4S. The standard InChI is InChI=1S/C24H22N2O4S/c1-13-5-7-17(8-6-13)21(27)19-20(16-9-11-18(30-4)12-10-16)26(23(29)22(19)28)24-25-14(2)15(3)31-24/h5-12,20,27H,1-4H3/b21-19+/t20-/m1/s1. The Hall–Kier alpha value is -3.45. The van der Waals surface area contributed by atoms with Crippen molar-refractivity contribution in [2.24, 2.45) is 0 Å². The Morgan fingerprint density at radius 3 is 2.23 bits per heavy atom. The molecule has 0 bridgehead atoms. The number of methoxy groups -OCH3 is 1. The van der Waals surface area contributed by atoms with Crippen LogP contribution in [0.5, 0.6) is 5.75 Å². The summed E-state index contributed by atoms with van der Waals surface area (Å²) in [6, 6.07) is 13.5. The first-order chi connectivity index (χ1) is 14.8. The van der Waals surface area contributed by atoms with Gasteiger partial charge < -0.3 is 9.84 Å². The second-order valence-corrected chi connectivity index (χ2v) is 8.63. The molecule has 1 aromatic heterocycles. The second kappa shape index (κ2) is 8.00. The normalized spacial score (nSPS) is 17.9. The lowest BCUT2D eigenvalue weighted by atomic mass is 9.95. The average molecular weight is 435 g/mol. The van der Waals surface area contributed by atoms with Crippen LogP contribution in [0.1, 0.15) is 33.3 Å². The molecule has 2 heterocycles. The van der Waals surface area contributed by atoms with Gasteiger partial charge in [0.1, 0.15) is 11.5 Å². The number of ether oxygens (including phenoxy) is 1. The third-order valence-electron chi connectivity index (χ3n) is 5.42. The summed E-state index contributed by atoms with van der Waals surface area (Å²) in [4.78, 5) is 33.1. The Morgan fingerprint density at radius 2 is 1.68 bits per heavy atom. The molecule has 7 heteroatoms. The summed E-state index contributed by atoms with van der Waals surface area (Å²) in [5, 5.41) is 11.5. The number of carbonyl (C=O) groups is 2. The third-order valence-corrected chi connectivity index (χ3v) is 6.50. The Kier molecular flexibility index (Phi) is 5.37. The van der Waals surface area contributed by atoms with Crippen LogP contribution in [0.2, 0.25) is 0 Å². The van der Waals surface area contributed by atoms with Gasteiger partial charge in [-0.2, -0.15) is 0 Å². The smallest absolute Gasteiger partial charge is 0.301 e. The summed E-state index contributed by atoms with van der Waals surface area (Å²) < 4.78 is 5.24. The van der Waals surface area contributed by atoms with Gasteiger partial charge >= 0.3 is 5.91 Å². The molecule has 1 N–H and O–H groups in total. The Morgan fingerprint density at radius 1 is 1.03 bits per heavy atom. The van der Waals surface area contributed by atoms with Gasteiger partial charge in [-0.25, -0.2) is 4.98 Å². The first kappa shape index (κ1) is 20.8. The molecule has 0 saturated carbocycles. The highest BCUT2D eigenvalue weighted by Gasteiger charge is 2.48. The van der Waals surface area contributed by atoms with Gasteiger partial charge in [-0.15, -0.1) is 11.3 Å². The number of anilines is 1. The van der Waals surface area contributed by atoms with Crippen molar-refractivity contribution in [1.29, 1.82) is 0 Å².